The number of benzene rings is 1. The standard InChI is InChI=1S/C23H30N4OS/c1-5-27(14-17-7-9-18(10-8-17)26(3)4)15-22(28)25-23-20(13-24)19-11-6-16(2)12-21(19)29-23/h7-10,16H,5-6,11-12,14-15H2,1-4H3,(H,25,28)/t16-/m0/s1. The number of thiophene rings is 1. The molecule has 0 unspecified atom stereocenters. The molecule has 1 aromatic heterocycles. The average Bonchev–Trinajstić information content (AvgIpc) is 3.03. The molecule has 29 heavy (non-hydrogen) atoms. The summed E-state index contributed by atoms with van der Waals surface area (Å²) in [6.07, 6.45) is 3.06. The molecule has 154 valence electrons. The van der Waals surface area contributed by atoms with Gasteiger partial charge in [0, 0.05) is 31.2 Å². The van der Waals surface area contributed by atoms with Crippen LogP contribution >= 0.6 is 11.3 Å². The molecule has 2 aromatic rings. The molecule has 5 nitrogen and oxygen atoms in total. The Bertz CT molecular complexity index is 895. The molecule has 0 saturated carbocycles. The van der Waals surface area contributed by atoms with Crippen LogP contribution in [-0.2, 0) is 24.2 Å². The molecule has 1 amide bonds. The van der Waals surface area contributed by atoms with Crippen LogP contribution in [0.5, 0.6) is 0 Å². The highest BCUT2D eigenvalue weighted by molar-refractivity contribution is 7.16. The smallest absolute Gasteiger partial charge is 0.239 e. The topological polar surface area (TPSA) is 59.4 Å². The number of anilines is 2. The van der Waals surface area contributed by atoms with Gasteiger partial charge in [0.05, 0.1) is 12.1 Å². The van der Waals surface area contributed by atoms with E-state index in [0.717, 1.165) is 48.6 Å². The first kappa shape index (κ1) is 21.4. The van der Waals surface area contributed by atoms with E-state index in [9.17, 15) is 10.1 Å². The highest BCUT2D eigenvalue weighted by atomic mass is 32.1. The van der Waals surface area contributed by atoms with Crippen LogP contribution in [0.15, 0.2) is 24.3 Å². The summed E-state index contributed by atoms with van der Waals surface area (Å²) in [7, 11) is 4.05. The van der Waals surface area contributed by atoms with E-state index in [1.807, 2.05) is 14.1 Å². The number of carbonyl (C=O) groups is 1. The number of nitrogens with zero attached hydrogens (tertiary/aromatic N) is 3. The Labute approximate surface area is 177 Å². The Morgan fingerprint density at radius 1 is 1.31 bits per heavy atom. The molecule has 1 aromatic carbocycles. The minimum atomic E-state index is -0.0556. The second kappa shape index (κ2) is 9.43. The molecule has 1 N–H and O–H groups in total. The fourth-order valence-corrected chi connectivity index (χ4v) is 5.14. The van der Waals surface area contributed by atoms with Crippen molar-refractivity contribution in [3.63, 3.8) is 0 Å². The number of likely N-dealkylation sites (N-methyl/N-ethyl adjacent to an activating group) is 1. The number of hydrogen-bond acceptors (Lipinski definition) is 5. The molecule has 1 atom stereocenters. The third kappa shape index (κ3) is 5.17. The minimum absolute atomic E-state index is 0.0556. The maximum absolute atomic E-state index is 12.7. The van der Waals surface area contributed by atoms with Crippen molar-refractivity contribution in [2.75, 3.05) is 37.4 Å². The van der Waals surface area contributed by atoms with Crippen molar-refractivity contribution in [2.24, 2.45) is 5.92 Å². The number of fused-ring (bicyclic) bond motifs is 1. The van der Waals surface area contributed by atoms with Crippen molar-refractivity contribution in [1.29, 1.82) is 5.26 Å². The quantitative estimate of drug-likeness (QED) is 0.740. The van der Waals surface area contributed by atoms with Gasteiger partial charge in [0.15, 0.2) is 0 Å². The van der Waals surface area contributed by atoms with Crippen LogP contribution in [0.3, 0.4) is 0 Å². The number of nitriles is 1. The highest BCUT2D eigenvalue weighted by Gasteiger charge is 2.25. The zero-order valence-electron chi connectivity index (χ0n) is 17.8. The van der Waals surface area contributed by atoms with Gasteiger partial charge in [-0.1, -0.05) is 26.0 Å². The normalized spacial score (nSPS) is 15.7. The van der Waals surface area contributed by atoms with Gasteiger partial charge in [0.2, 0.25) is 5.91 Å². The van der Waals surface area contributed by atoms with Crippen molar-refractivity contribution in [2.45, 2.75) is 39.7 Å². The van der Waals surface area contributed by atoms with Crippen molar-refractivity contribution in [1.82, 2.24) is 4.90 Å². The summed E-state index contributed by atoms with van der Waals surface area (Å²) in [6.45, 7) is 6.13. The Hall–Kier alpha value is -2.36. The molecule has 1 aliphatic carbocycles. The van der Waals surface area contributed by atoms with Crippen LogP contribution < -0.4 is 10.2 Å². The zero-order valence-corrected chi connectivity index (χ0v) is 18.6. The predicted octanol–water partition coefficient (Wildman–Crippen LogP) is 4.27. The molecule has 0 fully saturated rings. The van der Waals surface area contributed by atoms with Crippen LogP contribution in [0.1, 0.15) is 41.8 Å². The summed E-state index contributed by atoms with van der Waals surface area (Å²) in [5, 5.41) is 13.4. The van der Waals surface area contributed by atoms with Gasteiger partial charge in [-0.2, -0.15) is 5.26 Å². The predicted molar refractivity (Wildman–Crippen MR) is 121 cm³/mol. The lowest BCUT2D eigenvalue weighted by molar-refractivity contribution is -0.117. The Morgan fingerprint density at radius 3 is 2.66 bits per heavy atom. The molecule has 0 saturated heterocycles. The SMILES string of the molecule is CCN(CC(=O)Nc1sc2c(c1C#N)CC[C@H](C)C2)Cc1ccc(N(C)C)cc1. The zero-order chi connectivity index (χ0) is 21.0. The molecule has 0 radical (unpaired) electrons. The third-order valence-electron chi connectivity index (χ3n) is 5.55. The van der Waals surface area contributed by atoms with E-state index in [2.05, 4.69) is 59.3 Å². The summed E-state index contributed by atoms with van der Waals surface area (Å²) >= 11 is 1.58. The van der Waals surface area contributed by atoms with E-state index >= 15 is 0 Å². The van der Waals surface area contributed by atoms with Crippen LogP contribution in [-0.4, -0.2) is 38.0 Å². The maximum Gasteiger partial charge on any atom is 0.239 e. The van der Waals surface area contributed by atoms with Gasteiger partial charge in [-0.15, -0.1) is 11.3 Å². The number of nitrogens with one attached hydrogen (secondary N) is 1. The summed E-state index contributed by atoms with van der Waals surface area (Å²) < 4.78 is 0. The second-order valence-electron chi connectivity index (χ2n) is 8.08. The summed E-state index contributed by atoms with van der Waals surface area (Å²) in [5.74, 6) is 0.589. The molecule has 0 bridgehead atoms. The minimum Gasteiger partial charge on any atom is -0.378 e. The van der Waals surface area contributed by atoms with Gasteiger partial charge < -0.3 is 10.2 Å². The highest BCUT2D eigenvalue weighted by Crippen LogP contribution is 2.39. The van der Waals surface area contributed by atoms with E-state index in [1.54, 1.807) is 11.3 Å². The lowest BCUT2D eigenvalue weighted by Gasteiger charge is -2.20. The van der Waals surface area contributed by atoms with E-state index in [4.69, 9.17) is 0 Å². The number of carbonyl (C=O) groups excluding carboxylic acids is 1. The lowest BCUT2D eigenvalue weighted by atomic mass is 9.89. The van der Waals surface area contributed by atoms with Gasteiger partial charge in [-0.05, 0) is 55.0 Å². The molecule has 6 heteroatoms. The molecule has 0 aliphatic heterocycles. The Kier molecular flexibility index (Phi) is 6.94. The van der Waals surface area contributed by atoms with Crippen LogP contribution in [0, 0.1) is 17.2 Å². The number of hydrogen-bond donors (Lipinski definition) is 1. The van der Waals surface area contributed by atoms with Crippen molar-refractivity contribution >= 4 is 27.9 Å². The van der Waals surface area contributed by atoms with Gasteiger partial charge in [0.1, 0.15) is 11.1 Å². The maximum atomic E-state index is 12.7. The third-order valence-corrected chi connectivity index (χ3v) is 6.72. The van der Waals surface area contributed by atoms with E-state index in [1.165, 1.54) is 10.4 Å². The van der Waals surface area contributed by atoms with Crippen molar-refractivity contribution < 1.29 is 4.79 Å². The molecule has 1 heterocycles. The fourth-order valence-electron chi connectivity index (χ4n) is 3.76. The van der Waals surface area contributed by atoms with Crippen LogP contribution in [0.25, 0.3) is 0 Å². The number of amides is 1. The molecular weight excluding hydrogens is 380 g/mol. The summed E-state index contributed by atoms with van der Waals surface area (Å²) in [5.41, 5.74) is 4.17. The molecule has 0 spiro atoms. The molecule has 3 rings (SSSR count). The first-order valence-electron chi connectivity index (χ1n) is 10.2. The van der Waals surface area contributed by atoms with E-state index < -0.39 is 0 Å². The van der Waals surface area contributed by atoms with Crippen molar-refractivity contribution in [3.8, 4) is 6.07 Å². The molecular formula is C23H30N4OS. The van der Waals surface area contributed by atoms with Crippen LogP contribution in [0.4, 0.5) is 10.7 Å². The Morgan fingerprint density at radius 2 is 2.03 bits per heavy atom. The molecule has 1 aliphatic rings. The Balaban J connectivity index is 1.64. The van der Waals surface area contributed by atoms with Gasteiger partial charge in [0.25, 0.3) is 0 Å². The van der Waals surface area contributed by atoms with Gasteiger partial charge in [-0.3, -0.25) is 9.69 Å². The van der Waals surface area contributed by atoms with Crippen LogP contribution in [0.2, 0.25) is 0 Å². The first-order valence-corrected chi connectivity index (χ1v) is 11.1. The monoisotopic (exact) mass is 410 g/mol. The fraction of sp³-hybridized carbons (Fsp3) is 0.478. The van der Waals surface area contributed by atoms with Gasteiger partial charge >= 0.3 is 0 Å². The summed E-state index contributed by atoms with van der Waals surface area (Å²) in [6, 6.07) is 10.7. The number of rotatable bonds is 7. The van der Waals surface area contributed by atoms with E-state index in [-0.39, 0.29) is 5.91 Å². The lowest BCUT2D eigenvalue weighted by Crippen LogP contribution is -2.32. The van der Waals surface area contributed by atoms with Crippen molar-refractivity contribution in [3.05, 3.63) is 45.8 Å². The average molecular weight is 411 g/mol. The van der Waals surface area contributed by atoms with Gasteiger partial charge in [-0.25, -0.2) is 0 Å². The summed E-state index contributed by atoms with van der Waals surface area (Å²) in [4.78, 5) is 18.2. The largest absolute Gasteiger partial charge is 0.378 e. The van der Waals surface area contributed by atoms with E-state index in [0.29, 0.717) is 18.0 Å². The first-order chi connectivity index (χ1) is 13.9. The second-order valence-corrected chi connectivity index (χ2v) is 9.19.